The van der Waals surface area contributed by atoms with Crippen LogP contribution in [0.3, 0.4) is 0 Å². The van der Waals surface area contributed by atoms with Crippen molar-refractivity contribution in [1.29, 1.82) is 0 Å². The fourth-order valence-electron chi connectivity index (χ4n) is 2.57. The number of nitrogens with zero attached hydrogens (tertiary/aromatic N) is 2. The number of ether oxygens (including phenoxy) is 1. The quantitative estimate of drug-likeness (QED) is 0.428. The van der Waals surface area contributed by atoms with E-state index in [1.165, 1.54) is 5.69 Å². The van der Waals surface area contributed by atoms with Gasteiger partial charge in [0.05, 0.1) is 6.61 Å². The van der Waals surface area contributed by atoms with E-state index in [1.54, 1.807) is 0 Å². The van der Waals surface area contributed by atoms with Crippen LogP contribution in [0.1, 0.15) is 26.3 Å². The molecule has 2 rings (SSSR count). The fourth-order valence-corrected chi connectivity index (χ4v) is 2.57. The van der Waals surface area contributed by atoms with Crippen LogP contribution < -0.4 is 71.2 Å². The number of nitrogens with one attached hydrogen (secondary N) is 1. The Hall–Kier alpha value is -0.604. The predicted octanol–water partition coefficient (Wildman–Crippen LogP) is 1.64. The summed E-state index contributed by atoms with van der Waals surface area (Å²) < 4.78 is 5.69. The maximum absolute atomic E-state index is 5.69. The van der Waals surface area contributed by atoms with Crippen LogP contribution in [0, 0.1) is 5.92 Å². The summed E-state index contributed by atoms with van der Waals surface area (Å²) in [4.78, 5) is 7.85. The topological polar surface area (TPSA) is 47.8 Å². The van der Waals surface area contributed by atoms with Gasteiger partial charge in [-0.15, -0.1) is 0 Å². The molecule has 0 fully saturated rings. The zero-order chi connectivity index (χ0) is 19.5. The van der Waals surface area contributed by atoms with E-state index in [0.29, 0.717) is 12.5 Å². The molecule has 0 aromatic heterocycles. The van der Waals surface area contributed by atoms with E-state index >= 15 is 0 Å². The minimum atomic E-state index is 0. The van der Waals surface area contributed by atoms with Gasteiger partial charge in [-0.2, -0.15) is 0 Å². The number of hydrogen-bond acceptors (Lipinski definition) is 4. The van der Waals surface area contributed by atoms with Gasteiger partial charge in [0.15, 0.2) is 0 Å². The zero-order valence-corrected chi connectivity index (χ0v) is 21.1. The molecule has 0 aliphatic heterocycles. The van der Waals surface area contributed by atoms with Gasteiger partial charge in [0.2, 0.25) is 0 Å². The van der Waals surface area contributed by atoms with Crippen molar-refractivity contribution in [2.45, 2.75) is 27.3 Å². The molecule has 0 amide bonds. The number of hydroxylamine groups is 1. The first-order valence-corrected chi connectivity index (χ1v) is 9.67. The molecule has 0 saturated heterocycles. The Morgan fingerprint density at radius 2 is 1.64 bits per heavy atom. The molecule has 0 radical (unpaired) electrons. The van der Waals surface area contributed by atoms with Crippen LogP contribution in [0.5, 0.6) is 11.5 Å². The van der Waals surface area contributed by atoms with E-state index in [1.807, 2.05) is 43.4 Å². The van der Waals surface area contributed by atoms with Crippen molar-refractivity contribution >= 4 is 5.69 Å². The summed E-state index contributed by atoms with van der Waals surface area (Å²) in [6.45, 7) is 10.6. The van der Waals surface area contributed by atoms with Crippen LogP contribution in [0.25, 0.3) is 5.48 Å². The molecule has 0 heterocycles. The molecule has 0 bridgehead atoms. The van der Waals surface area contributed by atoms with Crippen LogP contribution >= 0.6 is 0 Å². The number of hydrogen-bond donors (Lipinski definition) is 1. The molecular weight excluding hydrogens is 377 g/mol. The Balaban J connectivity index is 0.00000392. The normalized spacial score (nSPS) is 10.5. The van der Waals surface area contributed by atoms with E-state index in [-0.39, 0.29) is 51.4 Å². The van der Waals surface area contributed by atoms with Gasteiger partial charge in [-0.3, -0.25) is 0 Å². The molecular formula is C22H32KN3O2. The third-order valence-electron chi connectivity index (χ3n) is 4.14. The second-order valence-corrected chi connectivity index (χ2v) is 6.90. The Labute approximate surface area is 212 Å². The summed E-state index contributed by atoms with van der Waals surface area (Å²) in [7, 11) is 1.97. The van der Waals surface area contributed by atoms with Crippen molar-refractivity contribution in [2.24, 2.45) is 5.92 Å². The van der Waals surface area contributed by atoms with Crippen molar-refractivity contribution < 1.29 is 61.0 Å². The zero-order valence-electron chi connectivity index (χ0n) is 17.9. The first kappa shape index (κ1) is 25.4. The summed E-state index contributed by atoms with van der Waals surface area (Å²) in [6.07, 6.45) is 0. The van der Waals surface area contributed by atoms with Gasteiger partial charge in [0.1, 0.15) is 11.5 Å². The molecule has 2 aromatic rings. The molecule has 0 atom stereocenters. The van der Waals surface area contributed by atoms with Crippen molar-refractivity contribution in [2.75, 3.05) is 38.2 Å². The molecule has 0 saturated carbocycles. The molecule has 1 N–H and O–H groups in total. The Morgan fingerprint density at radius 1 is 1.00 bits per heavy atom. The number of benzene rings is 2. The third-order valence-corrected chi connectivity index (χ3v) is 4.14. The van der Waals surface area contributed by atoms with Gasteiger partial charge in [0.25, 0.3) is 0 Å². The van der Waals surface area contributed by atoms with Gasteiger partial charge >= 0.3 is 51.4 Å². The maximum atomic E-state index is 5.69. The van der Waals surface area contributed by atoms with Crippen LogP contribution in [0.4, 0.5) is 5.69 Å². The molecule has 0 aliphatic rings. The van der Waals surface area contributed by atoms with E-state index < -0.39 is 0 Å². The van der Waals surface area contributed by atoms with E-state index in [4.69, 9.17) is 9.57 Å². The largest absolute Gasteiger partial charge is 1.00 e. The molecule has 2 aromatic carbocycles. The smallest absolute Gasteiger partial charge is 0.587 e. The van der Waals surface area contributed by atoms with Crippen LogP contribution in [0.15, 0.2) is 48.5 Å². The molecule has 0 spiro atoms. The van der Waals surface area contributed by atoms with Crippen LogP contribution in [0.2, 0.25) is 0 Å². The number of anilines is 1. The van der Waals surface area contributed by atoms with Crippen molar-refractivity contribution in [1.82, 2.24) is 5.32 Å². The SMILES string of the molecule is CCN(CCNC)c1ccc(O[N-]Cc2ccc(OCC(C)C)cc2)cc1.[K+]. The van der Waals surface area contributed by atoms with E-state index in [0.717, 1.165) is 43.3 Å². The predicted molar refractivity (Wildman–Crippen MR) is 113 cm³/mol. The molecule has 148 valence electrons. The van der Waals surface area contributed by atoms with Gasteiger partial charge in [-0.1, -0.05) is 38.1 Å². The first-order chi connectivity index (χ1) is 13.1. The average molecular weight is 410 g/mol. The Bertz CT molecular complexity index is 648. The van der Waals surface area contributed by atoms with E-state index in [2.05, 4.69) is 48.6 Å². The minimum absolute atomic E-state index is 0. The summed E-state index contributed by atoms with van der Waals surface area (Å²) in [5.74, 6) is 2.16. The van der Waals surface area contributed by atoms with Gasteiger partial charge < -0.3 is 25.3 Å². The monoisotopic (exact) mass is 409 g/mol. The second kappa shape index (κ2) is 14.4. The Kier molecular flexibility index (Phi) is 13.1. The van der Waals surface area contributed by atoms with Crippen molar-refractivity contribution in [3.05, 3.63) is 59.6 Å². The summed E-state index contributed by atoms with van der Waals surface area (Å²) in [6, 6.07) is 16.1. The van der Waals surface area contributed by atoms with Gasteiger partial charge in [-0.05, 0) is 56.3 Å². The van der Waals surface area contributed by atoms with Gasteiger partial charge in [0, 0.05) is 25.3 Å². The van der Waals surface area contributed by atoms with Gasteiger partial charge in [-0.25, -0.2) is 0 Å². The van der Waals surface area contributed by atoms with Crippen molar-refractivity contribution in [3.63, 3.8) is 0 Å². The number of likely N-dealkylation sites (N-methyl/N-ethyl adjacent to an activating group) is 2. The van der Waals surface area contributed by atoms with E-state index in [9.17, 15) is 0 Å². The number of rotatable bonds is 12. The molecule has 28 heavy (non-hydrogen) atoms. The molecule has 5 nitrogen and oxygen atoms in total. The molecule has 0 unspecified atom stereocenters. The first-order valence-electron chi connectivity index (χ1n) is 9.67. The van der Waals surface area contributed by atoms with Crippen LogP contribution in [-0.2, 0) is 6.54 Å². The summed E-state index contributed by atoms with van der Waals surface area (Å²) in [5, 5.41) is 3.18. The second-order valence-electron chi connectivity index (χ2n) is 6.90. The summed E-state index contributed by atoms with van der Waals surface area (Å²) in [5.41, 5.74) is 6.48. The van der Waals surface area contributed by atoms with Crippen molar-refractivity contribution in [3.8, 4) is 11.5 Å². The Morgan fingerprint density at radius 3 is 2.21 bits per heavy atom. The summed E-state index contributed by atoms with van der Waals surface area (Å²) >= 11 is 0. The van der Waals surface area contributed by atoms with Crippen LogP contribution in [-0.4, -0.2) is 33.3 Å². The standard InChI is InChI=1S/C22H32N3O2.K/c1-5-25(15-14-23-4)20-8-12-22(13-9-20)27-24-16-19-6-10-21(11-7-19)26-17-18(2)3;/h6-13,18,23H,5,14-17H2,1-4H3;/q-1;+1. The third kappa shape index (κ3) is 9.26. The minimum Gasteiger partial charge on any atom is -0.587 e. The molecule has 6 heteroatoms. The molecule has 0 aliphatic carbocycles. The maximum Gasteiger partial charge on any atom is 1.00 e. The average Bonchev–Trinajstić information content (AvgIpc) is 2.69. The fraction of sp³-hybridized carbons (Fsp3) is 0.455.